The molecule has 1 fully saturated rings. The Kier molecular flexibility index (Phi) is 9.86. The highest BCUT2D eigenvalue weighted by Crippen LogP contribution is 2.40. The molecule has 224 valence electrons. The van der Waals surface area contributed by atoms with Gasteiger partial charge in [0.15, 0.2) is 5.82 Å². The molecule has 1 atom stereocenters. The molecule has 1 aliphatic rings. The van der Waals surface area contributed by atoms with Crippen molar-refractivity contribution in [1.29, 1.82) is 0 Å². The Morgan fingerprint density at radius 1 is 1.05 bits per heavy atom. The van der Waals surface area contributed by atoms with Crippen LogP contribution in [0.1, 0.15) is 57.7 Å². The van der Waals surface area contributed by atoms with E-state index in [0.29, 0.717) is 36.4 Å². The van der Waals surface area contributed by atoms with Gasteiger partial charge in [-0.3, -0.25) is 4.90 Å². The molecule has 5 nitrogen and oxygen atoms in total. The zero-order chi connectivity index (χ0) is 29.7. The van der Waals surface area contributed by atoms with Crippen LogP contribution in [-0.4, -0.2) is 53.0 Å². The van der Waals surface area contributed by atoms with Crippen molar-refractivity contribution in [3.05, 3.63) is 65.2 Å². The molecule has 2 heterocycles. The summed E-state index contributed by atoms with van der Waals surface area (Å²) >= 11 is 6.75. The van der Waals surface area contributed by atoms with Gasteiger partial charge in [0.2, 0.25) is 0 Å². The fraction of sp³-hybridized carbons (Fsp3) is 0.455. The first-order chi connectivity index (χ1) is 20.3. The molecule has 9 heteroatoms. The van der Waals surface area contributed by atoms with Crippen molar-refractivity contribution in [1.82, 2.24) is 14.9 Å². The number of benzene rings is 3. The lowest BCUT2D eigenvalue weighted by Gasteiger charge is -2.23. The molecule has 1 unspecified atom stereocenters. The van der Waals surface area contributed by atoms with E-state index in [2.05, 4.69) is 22.2 Å². The van der Waals surface area contributed by atoms with E-state index in [9.17, 15) is 8.78 Å². The number of aryl methyl sites for hydroxylation is 1. The van der Waals surface area contributed by atoms with Crippen molar-refractivity contribution in [2.45, 2.75) is 70.3 Å². The second kappa shape index (κ2) is 13.6. The second-order valence-corrected chi connectivity index (χ2v) is 11.8. The Balaban J connectivity index is 1.49. The number of likely N-dealkylation sites (tertiary alicyclic amines) is 1. The molecule has 0 amide bonds. The van der Waals surface area contributed by atoms with Crippen LogP contribution in [0.3, 0.4) is 0 Å². The summed E-state index contributed by atoms with van der Waals surface area (Å²) in [5.41, 5.74) is 7.01. The van der Waals surface area contributed by atoms with Gasteiger partial charge in [-0.2, -0.15) is 0 Å². The zero-order valence-electron chi connectivity index (χ0n) is 24.1. The molecule has 0 saturated carbocycles. The van der Waals surface area contributed by atoms with Crippen LogP contribution in [0.5, 0.6) is 0 Å². The first-order valence-electron chi connectivity index (χ1n) is 15.0. The number of hydrogen-bond donors (Lipinski definition) is 2. The number of aromatic nitrogens is 2. The van der Waals surface area contributed by atoms with Crippen molar-refractivity contribution >= 4 is 39.1 Å². The third kappa shape index (κ3) is 7.16. The number of fused-ring (bicyclic) bond motifs is 2. The van der Waals surface area contributed by atoms with Gasteiger partial charge in [-0.15, -0.1) is 0 Å². The van der Waals surface area contributed by atoms with E-state index < -0.39 is 18.2 Å². The average molecular weight is 598 g/mol. The number of unbranched alkanes of at least 4 members (excludes halogenated alkanes) is 1. The molecular weight excluding hydrogens is 559 g/mol. The molecule has 1 saturated heterocycles. The zero-order valence-corrected chi connectivity index (χ0v) is 24.9. The van der Waals surface area contributed by atoms with Crippen molar-refractivity contribution in [3.63, 3.8) is 0 Å². The first-order valence-corrected chi connectivity index (χ1v) is 15.4. The highest BCUT2D eigenvalue weighted by molar-refractivity contribution is 6.35. The number of anilines is 1. The summed E-state index contributed by atoms with van der Waals surface area (Å²) in [6.07, 6.45) is 5.03. The Morgan fingerprint density at radius 3 is 2.60 bits per heavy atom. The molecular formula is C33H39ClF3N5. The van der Waals surface area contributed by atoms with Gasteiger partial charge in [0.25, 0.3) is 5.92 Å². The summed E-state index contributed by atoms with van der Waals surface area (Å²) in [6.45, 7) is 3.76. The average Bonchev–Trinajstić information content (AvgIpc) is 3.48. The Hall–Kier alpha value is -2.94. The molecule has 3 aromatic carbocycles. The Labute approximate surface area is 250 Å². The number of alkyl halides is 2. The minimum absolute atomic E-state index is 0.0670. The van der Waals surface area contributed by atoms with E-state index in [1.165, 1.54) is 0 Å². The normalized spacial score (nSPS) is 15.1. The van der Waals surface area contributed by atoms with Crippen LogP contribution >= 0.6 is 11.6 Å². The van der Waals surface area contributed by atoms with Gasteiger partial charge < -0.3 is 11.1 Å². The van der Waals surface area contributed by atoms with Gasteiger partial charge in [0, 0.05) is 36.4 Å². The Bertz CT molecular complexity index is 1520. The van der Waals surface area contributed by atoms with Crippen molar-refractivity contribution < 1.29 is 13.2 Å². The van der Waals surface area contributed by atoms with Crippen LogP contribution in [-0.2, 0) is 6.42 Å². The SMILES string of the molecule is CCC(N)CCCCNc1nc(CCC(F)(F)CN2CCCC2)nc2c(F)c(-c3cccc4ccccc34)c(Cl)cc12. The van der Waals surface area contributed by atoms with Gasteiger partial charge in [-0.1, -0.05) is 67.4 Å². The smallest absolute Gasteiger partial charge is 0.261 e. The molecule has 1 aromatic heterocycles. The van der Waals surface area contributed by atoms with Gasteiger partial charge in [-0.25, -0.2) is 23.1 Å². The molecule has 1 aliphatic heterocycles. The van der Waals surface area contributed by atoms with Crippen LogP contribution < -0.4 is 11.1 Å². The van der Waals surface area contributed by atoms with Crippen LogP contribution in [0, 0.1) is 5.82 Å². The number of nitrogens with one attached hydrogen (secondary N) is 1. The molecule has 3 N–H and O–H groups in total. The maximum Gasteiger partial charge on any atom is 0.261 e. The molecule has 0 bridgehead atoms. The number of nitrogens with zero attached hydrogens (tertiary/aromatic N) is 3. The molecule has 0 aliphatic carbocycles. The molecule has 4 aromatic rings. The van der Waals surface area contributed by atoms with Crippen molar-refractivity contribution in [3.8, 4) is 11.1 Å². The van der Waals surface area contributed by atoms with Gasteiger partial charge in [-0.05, 0) is 67.6 Å². The number of halogens is 4. The number of rotatable bonds is 13. The number of hydrogen-bond acceptors (Lipinski definition) is 5. The summed E-state index contributed by atoms with van der Waals surface area (Å²) in [6, 6.07) is 15.2. The number of nitrogens with two attached hydrogens (primary N) is 1. The van der Waals surface area contributed by atoms with Gasteiger partial charge >= 0.3 is 0 Å². The molecule has 0 radical (unpaired) electrons. The van der Waals surface area contributed by atoms with E-state index >= 15 is 4.39 Å². The Morgan fingerprint density at radius 2 is 1.81 bits per heavy atom. The van der Waals surface area contributed by atoms with E-state index in [1.54, 1.807) is 11.0 Å². The minimum atomic E-state index is -2.89. The highest BCUT2D eigenvalue weighted by Gasteiger charge is 2.33. The van der Waals surface area contributed by atoms with E-state index in [1.807, 2.05) is 42.5 Å². The summed E-state index contributed by atoms with van der Waals surface area (Å²) in [4.78, 5) is 10.9. The van der Waals surface area contributed by atoms with Crippen LogP contribution in [0.4, 0.5) is 19.0 Å². The lowest BCUT2D eigenvalue weighted by Crippen LogP contribution is -2.35. The summed E-state index contributed by atoms with van der Waals surface area (Å²) < 4.78 is 46.3. The standard InChI is InChI=1S/C33H39ClF3N5/c1-2-23(38)12-5-6-17-39-32-26-20-27(34)29(25-14-9-11-22-10-3-4-13-24(22)25)30(35)31(26)40-28(41-32)15-16-33(36,37)21-42-18-7-8-19-42/h3-4,9-11,13-14,20,23H,2,5-8,12,15-19,21,38H2,1H3,(H,39,40,41). The molecule has 42 heavy (non-hydrogen) atoms. The quantitative estimate of drug-likeness (QED) is 0.152. The van der Waals surface area contributed by atoms with E-state index in [0.717, 1.165) is 49.3 Å². The molecule has 5 rings (SSSR count). The monoisotopic (exact) mass is 597 g/mol. The summed E-state index contributed by atoms with van der Waals surface area (Å²) in [7, 11) is 0. The van der Waals surface area contributed by atoms with Crippen LogP contribution in [0.25, 0.3) is 32.8 Å². The second-order valence-electron chi connectivity index (χ2n) is 11.4. The van der Waals surface area contributed by atoms with E-state index in [4.69, 9.17) is 17.3 Å². The third-order valence-electron chi connectivity index (χ3n) is 8.17. The summed E-state index contributed by atoms with van der Waals surface area (Å²) in [5, 5.41) is 5.79. The van der Waals surface area contributed by atoms with Gasteiger partial charge in [0.1, 0.15) is 17.2 Å². The van der Waals surface area contributed by atoms with Crippen molar-refractivity contribution in [2.24, 2.45) is 5.73 Å². The van der Waals surface area contributed by atoms with E-state index in [-0.39, 0.29) is 40.9 Å². The predicted octanol–water partition coefficient (Wildman–Crippen LogP) is 8.23. The summed E-state index contributed by atoms with van der Waals surface area (Å²) in [5.74, 6) is -2.88. The maximum atomic E-state index is 16.4. The largest absolute Gasteiger partial charge is 0.369 e. The first kappa shape index (κ1) is 30.5. The highest BCUT2D eigenvalue weighted by atomic mass is 35.5. The fourth-order valence-electron chi connectivity index (χ4n) is 5.76. The fourth-order valence-corrected chi connectivity index (χ4v) is 6.06. The maximum absolute atomic E-state index is 16.4. The van der Waals surface area contributed by atoms with Gasteiger partial charge in [0.05, 0.1) is 11.6 Å². The van der Waals surface area contributed by atoms with Crippen molar-refractivity contribution in [2.75, 3.05) is 31.5 Å². The van der Waals surface area contributed by atoms with Crippen LogP contribution in [0.15, 0.2) is 48.5 Å². The minimum Gasteiger partial charge on any atom is -0.369 e. The topological polar surface area (TPSA) is 67.1 Å². The third-order valence-corrected chi connectivity index (χ3v) is 8.47. The van der Waals surface area contributed by atoms with Crippen LogP contribution in [0.2, 0.25) is 5.02 Å². The lowest BCUT2D eigenvalue weighted by molar-refractivity contribution is -0.0344. The molecule has 0 spiro atoms. The lowest BCUT2D eigenvalue weighted by atomic mass is 9.96. The predicted molar refractivity (Wildman–Crippen MR) is 167 cm³/mol.